The van der Waals surface area contributed by atoms with E-state index in [4.69, 9.17) is 16.6 Å². The molecule has 0 amide bonds. The summed E-state index contributed by atoms with van der Waals surface area (Å²) in [4.78, 5) is 42.0. The molecule has 0 saturated carbocycles. The minimum absolute atomic E-state index is 0.142. The number of nitrogens with two attached hydrogens (primary N) is 2. The van der Waals surface area contributed by atoms with Crippen LogP contribution in [0.2, 0.25) is 0 Å². The van der Waals surface area contributed by atoms with Crippen LogP contribution < -0.4 is 11.5 Å². The van der Waals surface area contributed by atoms with E-state index >= 15 is 0 Å². The predicted molar refractivity (Wildman–Crippen MR) is 69.1 cm³/mol. The molecule has 0 aromatic heterocycles. The number of hydrogen-bond donors (Lipinski definition) is 3. The fraction of sp³-hybridized carbons (Fsp3) is 0.750. The van der Waals surface area contributed by atoms with Crippen molar-refractivity contribution in [3.05, 3.63) is 0 Å². The van der Waals surface area contributed by atoms with Crippen LogP contribution in [0.3, 0.4) is 0 Å². The lowest BCUT2D eigenvalue weighted by Crippen LogP contribution is -2.47. The quantitative estimate of drug-likeness (QED) is 0.437. The molecule has 8 heteroatoms. The lowest BCUT2D eigenvalue weighted by atomic mass is 9.98. The first-order chi connectivity index (χ1) is 9.06. The number of hydrogen-bond acceptors (Lipinski definition) is 7. The van der Waals surface area contributed by atoms with Crippen LogP contribution in [-0.4, -0.2) is 34.6 Å². The third-order valence-corrected chi connectivity index (χ3v) is 2.55. The maximum Gasteiger partial charge on any atom is 0.374 e. The van der Waals surface area contributed by atoms with Crippen LogP contribution in [0.1, 0.15) is 40.0 Å². The van der Waals surface area contributed by atoms with Gasteiger partial charge in [-0.1, -0.05) is 13.8 Å². The highest BCUT2D eigenvalue weighted by Gasteiger charge is 2.33. The molecule has 8 nitrogen and oxygen atoms in total. The summed E-state index contributed by atoms with van der Waals surface area (Å²) in [5.74, 6) is -2.81. The molecule has 5 N–H and O–H groups in total. The number of rotatable bonds is 7. The Balaban J connectivity index is 4.26. The fourth-order valence-electron chi connectivity index (χ4n) is 1.31. The first-order valence-electron chi connectivity index (χ1n) is 6.25. The molecule has 0 radical (unpaired) electrons. The van der Waals surface area contributed by atoms with Gasteiger partial charge in [-0.3, -0.25) is 4.79 Å². The normalized spacial score (nSPS) is 15.3. The zero-order chi connectivity index (χ0) is 15.9. The van der Waals surface area contributed by atoms with Gasteiger partial charge in [-0.2, -0.15) is 0 Å². The van der Waals surface area contributed by atoms with Crippen molar-refractivity contribution in [2.75, 3.05) is 0 Å². The van der Waals surface area contributed by atoms with Crippen LogP contribution in [0.15, 0.2) is 0 Å². The van der Waals surface area contributed by atoms with Crippen molar-refractivity contribution in [2.45, 2.75) is 51.6 Å². The zero-order valence-electron chi connectivity index (χ0n) is 11.9. The third-order valence-electron chi connectivity index (χ3n) is 2.55. The van der Waals surface area contributed by atoms with Crippen LogP contribution in [0.5, 0.6) is 0 Å². The van der Waals surface area contributed by atoms with Gasteiger partial charge in [0.15, 0.2) is 0 Å². The van der Waals surface area contributed by atoms with E-state index in [1.165, 1.54) is 6.92 Å². The number of carboxylic acid groups (broad SMARTS) is 1. The number of carbonyl (C=O) groups is 3. The molecule has 0 spiro atoms. The van der Waals surface area contributed by atoms with Crippen molar-refractivity contribution >= 4 is 17.9 Å². The molecule has 0 aromatic carbocycles. The third kappa shape index (κ3) is 7.05. The SMILES string of the molecule is CC(C)CC(N)C(=O)OOC(=O)[C@](C)(N)CCC(=O)O. The molecule has 116 valence electrons. The summed E-state index contributed by atoms with van der Waals surface area (Å²) < 4.78 is 0. The van der Waals surface area contributed by atoms with Crippen molar-refractivity contribution in [1.82, 2.24) is 0 Å². The molecule has 0 aliphatic carbocycles. The summed E-state index contributed by atoms with van der Waals surface area (Å²) in [5, 5.41) is 8.52. The molecule has 0 aliphatic rings. The van der Waals surface area contributed by atoms with Crippen LogP contribution in [-0.2, 0) is 24.2 Å². The lowest BCUT2D eigenvalue weighted by molar-refractivity contribution is -0.264. The van der Waals surface area contributed by atoms with Crippen LogP contribution in [0.4, 0.5) is 0 Å². The summed E-state index contributed by atoms with van der Waals surface area (Å²) in [6.07, 6.45) is -0.0606. The van der Waals surface area contributed by atoms with Gasteiger partial charge >= 0.3 is 17.9 Å². The lowest BCUT2D eigenvalue weighted by Gasteiger charge is -2.20. The van der Waals surface area contributed by atoms with Crippen LogP contribution >= 0.6 is 0 Å². The molecule has 20 heavy (non-hydrogen) atoms. The van der Waals surface area contributed by atoms with Gasteiger partial charge in [0.2, 0.25) is 0 Å². The smallest absolute Gasteiger partial charge is 0.374 e. The highest BCUT2D eigenvalue weighted by molar-refractivity contribution is 5.82. The summed E-state index contributed by atoms with van der Waals surface area (Å²) in [5.41, 5.74) is 9.57. The summed E-state index contributed by atoms with van der Waals surface area (Å²) in [6.45, 7) is 5.05. The van der Waals surface area contributed by atoms with Crippen LogP contribution in [0.25, 0.3) is 0 Å². The Kier molecular flexibility index (Phi) is 7.16. The largest absolute Gasteiger partial charge is 0.481 e. The Labute approximate surface area is 117 Å². The van der Waals surface area contributed by atoms with E-state index < -0.39 is 29.5 Å². The van der Waals surface area contributed by atoms with E-state index in [2.05, 4.69) is 9.78 Å². The summed E-state index contributed by atoms with van der Waals surface area (Å²) in [7, 11) is 0. The first-order valence-corrected chi connectivity index (χ1v) is 6.25. The maximum atomic E-state index is 11.6. The van der Waals surface area contributed by atoms with Crippen molar-refractivity contribution in [1.29, 1.82) is 0 Å². The number of carboxylic acids is 1. The molecule has 0 saturated heterocycles. The van der Waals surface area contributed by atoms with E-state index in [9.17, 15) is 14.4 Å². The molecular formula is C12H22N2O6. The predicted octanol–water partition coefficient (Wildman–Crippen LogP) is -0.0566. The Bertz CT molecular complexity index is 367. The second kappa shape index (κ2) is 7.81. The van der Waals surface area contributed by atoms with E-state index in [0.717, 1.165) is 0 Å². The molecule has 0 heterocycles. The second-order valence-electron chi connectivity index (χ2n) is 5.32. The van der Waals surface area contributed by atoms with E-state index in [0.29, 0.717) is 6.42 Å². The average molecular weight is 290 g/mol. The van der Waals surface area contributed by atoms with Gasteiger partial charge in [0, 0.05) is 6.42 Å². The maximum absolute atomic E-state index is 11.6. The second-order valence-corrected chi connectivity index (χ2v) is 5.32. The van der Waals surface area contributed by atoms with E-state index in [1.54, 1.807) is 0 Å². The van der Waals surface area contributed by atoms with Crippen LogP contribution in [0, 0.1) is 5.92 Å². The van der Waals surface area contributed by atoms with Gasteiger partial charge in [0.1, 0.15) is 11.6 Å². The highest BCUT2D eigenvalue weighted by Crippen LogP contribution is 2.12. The Morgan fingerprint density at radius 1 is 1.25 bits per heavy atom. The molecule has 1 unspecified atom stereocenters. The molecule has 0 bridgehead atoms. The Morgan fingerprint density at radius 2 is 1.80 bits per heavy atom. The molecule has 0 aromatic rings. The van der Waals surface area contributed by atoms with Gasteiger partial charge in [-0.15, -0.1) is 0 Å². The van der Waals surface area contributed by atoms with Gasteiger partial charge in [0.25, 0.3) is 0 Å². The number of carbonyl (C=O) groups excluding carboxylic acids is 2. The molecular weight excluding hydrogens is 268 g/mol. The minimum atomic E-state index is -1.55. The number of aliphatic carboxylic acids is 1. The van der Waals surface area contributed by atoms with Crippen molar-refractivity contribution in [3.63, 3.8) is 0 Å². The first kappa shape index (κ1) is 18.3. The van der Waals surface area contributed by atoms with Crippen molar-refractivity contribution < 1.29 is 29.3 Å². The Hall–Kier alpha value is -1.67. The average Bonchev–Trinajstić information content (AvgIpc) is 2.32. The van der Waals surface area contributed by atoms with Gasteiger partial charge in [0.05, 0.1) is 0 Å². The standard InChI is InChI=1S/C12H22N2O6/c1-7(2)6-8(13)10(17)19-20-11(18)12(3,14)5-4-9(15)16/h7-8H,4-6,13-14H2,1-3H3,(H,15,16)/t8?,12-/m1/s1. The minimum Gasteiger partial charge on any atom is -0.481 e. The van der Waals surface area contributed by atoms with Gasteiger partial charge in [-0.25, -0.2) is 19.4 Å². The van der Waals surface area contributed by atoms with Crippen molar-refractivity contribution in [2.24, 2.45) is 17.4 Å². The molecule has 0 fully saturated rings. The zero-order valence-corrected chi connectivity index (χ0v) is 11.9. The Morgan fingerprint density at radius 3 is 2.25 bits per heavy atom. The molecule has 0 aliphatic heterocycles. The molecule has 2 atom stereocenters. The summed E-state index contributed by atoms with van der Waals surface area (Å²) >= 11 is 0. The fourth-order valence-corrected chi connectivity index (χ4v) is 1.31. The molecule has 0 rings (SSSR count). The van der Waals surface area contributed by atoms with Gasteiger partial charge in [-0.05, 0) is 25.7 Å². The van der Waals surface area contributed by atoms with Gasteiger partial charge < -0.3 is 16.6 Å². The highest BCUT2D eigenvalue weighted by atomic mass is 17.2. The monoisotopic (exact) mass is 290 g/mol. The topological polar surface area (TPSA) is 142 Å². The van der Waals surface area contributed by atoms with Crippen molar-refractivity contribution in [3.8, 4) is 0 Å². The summed E-state index contributed by atoms with van der Waals surface area (Å²) in [6, 6.07) is -0.897. The van der Waals surface area contributed by atoms with E-state index in [-0.39, 0.29) is 18.8 Å². The van der Waals surface area contributed by atoms with E-state index in [1.807, 2.05) is 13.8 Å².